The average molecular weight is 230 g/mol. The number of benzene rings is 1. The third kappa shape index (κ3) is 1.84. The van der Waals surface area contributed by atoms with Crippen molar-refractivity contribution < 1.29 is 9.26 Å². The Hall–Kier alpha value is -1.19. The quantitative estimate of drug-likeness (QED) is 0.787. The summed E-state index contributed by atoms with van der Waals surface area (Å²) >= 11 is 11.7. The van der Waals surface area contributed by atoms with E-state index < -0.39 is 0 Å². The van der Waals surface area contributed by atoms with Crippen molar-refractivity contribution in [3.05, 3.63) is 40.7 Å². The molecule has 0 unspecified atom stereocenters. The highest BCUT2D eigenvalue weighted by Crippen LogP contribution is 2.34. The number of halogens is 2. The molecule has 0 N–H and O–H groups in total. The van der Waals surface area contributed by atoms with E-state index in [0.29, 0.717) is 21.5 Å². The lowest BCUT2D eigenvalue weighted by atomic mass is 10.3. The highest BCUT2D eigenvalue weighted by atomic mass is 35.5. The molecule has 2 rings (SSSR count). The lowest BCUT2D eigenvalue weighted by Crippen LogP contribution is -1.83. The van der Waals surface area contributed by atoms with Gasteiger partial charge in [0.05, 0.1) is 5.02 Å². The fourth-order valence-corrected chi connectivity index (χ4v) is 1.27. The van der Waals surface area contributed by atoms with E-state index in [9.17, 15) is 0 Å². The Bertz CT molecular complexity index is 428. The second-order valence-corrected chi connectivity index (χ2v) is 3.30. The number of nitrogens with zero attached hydrogens (tertiary/aromatic N) is 1. The van der Waals surface area contributed by atoms with Gasteiger partial charge in [-0.05, 0) is 12.1 Å². The maximum atomic E-state index is 5.90. The van der Waals surface area contributed by atoms with Crippen LogP contribution in [-0.2, 0) is 0 Å². The minimum absolute atomic E-state index is 0.371. The highest BCUT2D eigenvalue weighted by molar-refractivity contribution is 6.42. The molecular formula is C9H5Cl2NO2. The van der Waals surface area contributed by atoms with Crippen LogP contribution in [0.4, 0.5) is 0 Å². The molecule has 0 spiro atoms. The van der Waals surface area contributed by atoms with Crippen molar-refractivity contribution in [3.8, 4) is 11.5 Å². The van der Waals surface area contributed by atoms with Gasteiger partial charge in [-0.3, -0.25) is 0 Å². The SMILES string of the molecule is Clc1cccc(Oc2cnoc2)c1Cl. The van der Waals surface area contributed by atoms with Gasteiger partial charge in [-0.25, -0.2) is 0 Å². The summed E-state index contributed by atoms with van der Waals surface area (Å²) in [5.41, 5.74) is 0. The van der Waals surface area contributed by atoms with Gasteiger partial charge in [0.2, 0.25) is 0 Å². The van der Waals surface area contributed by atoms with Crippen LogP contribution in [0.3, 0.4) is 0 Å². The van der Waals surface area contributed by atoms with Crippen molar-refractivity contribution in [2.24, 2.45) is 0 Å². The zero-order valence-corrected chi connectivity index (χ0v) is 8.42. The van der Waals surface area contributed by atoms with Gasteiger partial charge in [0.1, 0.15) is 17.0 Å². The summed E-state index contributed by atoms with van der Waals surface area (Å²) in [7, 11) is 0. The minimum atomic E-state index is 0.371. The van der Waals surface area contributed by atoms with Gasteiger partial charge in [0, 0.05) is 0 Å². The molecular weight excluding hydrogens is 225 g/mol. The molecule has 0 aliphatic heterocycles. The van der Waals surface area contributed by atoms with Crippen LogP contribution in [0.25, 0.3) is 0 Å². The standard InChI is InChI=1S/C9H5Cl2NO2/c10-7-2-1-3-8(9(7)11)14-6-4-12-13-5-6/h1-5H. The summed E-state index contributed by atoms with van der Waals surface area (Å²) in [6.07, 6.45) is 2.81. The van der Waals surface area contributed by atoms with E-state index in [4.69, 9.17) is 27.9 Å². The second kappa shape index (κ2) is 3.90. The van der Waals surface area contributed by atoms with Gasteiger partial charge in [-0.2, -0.15) is 0 Å². The molecule has 0 aliphatic carbocycles. The summed E-state index contributed by atoms with van der Waals surface area (Å²) in [6, 6.07) is 5.14. The fourth-order valence-electron chi connectivity index (χ4n) is 0.935. The second-order valence-electron chi connectivity index (χ2n) is 2.51. The van der Waals surface area contributed by atoms with Crippen LogP contribution in [-0.4, -0.2) is 5.16 Å². The summed E-state index contributed by atoms with van der Waals surface area (Å²) in [4.78, 5) is 0. The van der Waals surface area contributed by atoms with Crippen molar-refractivity contribution in [1.82, 2.24) is 5.16 Å². The fraction of sp³-hybridized carbons (Fsp3) is 0. The number of hydrogen-bond donors (Lipinski definition) is 0. The number of hydrogen-bond acceptors (Lipinski definition) is 3. The molecule has 0 amide bonds. The maximum Gasteiger partial charge on any atom is 0.186 e. The molecule has 14 heavy (non-hydrogen) atoms. The highest BCUT2D eigenvalue weighted by Gasteiger charge is 2.07. The molecule has 0 fully saturated rings. The van der Waals surface area contributed by atoms with Crippen LogP contribution >= 0.6 is 23.2 Å². The van der Waals surface area contributed by atoms with E-state index in [2.05, 4.69) is 9.68 Å². The smallest absolute Gasteiger partial charge is 0.186 e. The van der Waals surface area contributed by atoms with Crippen molar-refractivity contribution in [2.75, 3.05) is 0 Å². The Labute approximate surface area is 90.2 Å². The largest absolute Gasteiger partial charge is 0.451 e. The molecule has 0 atom stereocenters. The van der Waals surface area contributed by atoms with Crippen molar-refractivity contribution >= 4 is 23.2 Å². The Morgan fingerprint density at radius 1 is 1.29 bits per heavy atom. The van der Waals surface area contributed by atoms with E-state index in [1.807, 2.05) is 0 Å². The Kier molecular flexibility index (Phi) is 2.61. The first kappa shape index (κ1) is 9.37. The zero-order valence-electron chi connectivity index (χ0n) is 6.91. The van der Waals surface area contributed by atoms with Crippen LogP contribution < -0.4 is 4.74 Å². The molecule has 5 heteroatoms. The summed E-state index contributed by atoms with van der Waals surface area (Å²) in [5.74, 6) is 0.955. The first-order chi connectivity index (χ1) is 6.77. The summed E-state index contributed by atoms with van der Waals surface area (Å²) < 4.78 is 9.96. The predicted octanol–water partition coefficient (Wildman–Crippen LogP) is 3.77. The number of aromatic nitrogens is 1. The third-order valence-electron chi connectivity index (χ3n) is 1.55. The van der Waals surface area contributed by atoms with E-state index in [1.54, 1.807) is 18.2 Å². The molecule has 1 heterocycles. The van der Waals surface area contributed by atoms with Crippen LogP contribution in [0.15, 0.2) is 35.2 Å². The summed E-state index contributed by atoms with van der Waals surface area (Å²) in [5, 5.41) is 4.31. The maximum absolute atomic E-state index is 5.90. The van der Waals surface area contributed by atoms with E-state index >= 15 is 0 Å². The van der Waals surface area contributed by atoms with E-state index in [1.165, 1.54) is 12.5 Å². The Balaban J connectivity index is 2.29. The monoisotopic (exact) mass is 229 g/mol. The van der Waals surface area contributed by atoms with Crippen LogP contribution in [0.5, 0.6) is 11.5 Å². The topological polar surface area (TPSA) is 35.3 Å². The van der Waals surface area contributed by atoms with Gasteiger partial charge in [0.15, 0.2) is 12.0 Å². The third-order valence-corrected chi connectivity index (χ3v) is 2.36. The van der Waals surface area contributed by atoms with Crippen molar-refractivity contribution in [3.63, 3.8) is 0 Å². The molecule has 0 bridgehead atoms. The lowest BCUT2D eigenvalue weighted by molar-refractivity contribution is 0.410. The normalized spacial score (nSPS) is 10.1. The average Bonchev–Trinajstić information content (AvgIpc) is 2.66. The van der Waals surface area contributed by atoms with Crippen LogP contribution in [0.1, 0.15) is 0 Å². The van der Waals surface area contributed by atoms with Crippen LogP contribution in [0.2, 0.25) is 10.0 Å². The molecule has 1 aromatic heterocycles. The molecule has 3 nitrogen and oxygen atoms in total. The lowest BCUT2D eigenvalue weighted by Gasteiger charge is -2.04. The first-order valence-corrected chi connectivity index (χ1v) is 4.54. The van der Waals surface area contributed by atoms with Gasteiger partial charge in [-0.15, -0.1) is 0 Å². The van der Waals surface area contributed by atoms with Gasteiger partial charge in [-0.1, -0.05) is 34.4 Å². The van der Waals surface area contributed by atoms with Gasteiger partial charge >= 0.3 is 0 Å². The van der Waals surface area contributed by atoms with E-state index in [0.717, 1.165) is 0 Å². The first-order valence-electron chi connectivity index (χ1n) is 3.78. The summed E-state index contributed by atoms with van der Waals surface area (Å²) in [6.45, 7) is 0. The van der Waals surface area contributed by atoms with E-state index in [-0.39, 0.29) is 0 Å². The van der Waals surface area contributed by atoms with Gasteiger partial charge in [0.25, 0.3) is 0 Å². The zero-order chi connectivity index (χ0) is 9.97. The molecule has 1 aromatic carbocycles. The molecule has 0 aliphatic rings. The minimum Gasteiger partial charge on any atom is -0.451 e. The Morgan fingerprint density at radius 3 is 2.86 bits per heavy atom. The Morgan fingerprint density at radius 2 is 2.14 bits per heavy atom. The van der Waals surface area contributed by atoms with Crippen LogP contribution in [0, 0.1) is 0 Å². The van der Waals surface area contributed by atoms with Crippen molar-refractivity contribution in [2.45, 2.75) is 0 Å². The number of rotatable bonds is 2. The van der Waals surface area contributed by atoms with Crippen molar-refractivity contribution in [1.29, 1.82) is 0 Å². The molecule has 2 aromatic rings. The molecule has 0 saturated carbocycles. The molecule has 0 radical (unpaired) electrons. The number of ether oxygens (including phenoxy) is 1. The predicted molar refractivity (Wildman–Crippen MR) is 53.0 cm³/mol. The molecule has 0 saturated heterocycles. The molecule has 72 valence electrons. The van der Waals surface area contributed by atoms with Gasteiger partial charge < -0.3 is 9.26 Å².